The maximum atomic E-state index is 14.6. The van der Waals surface area contributed by atoms with Gasteiger partial charge in [0.05, 0.1) is 60.8 Å². The highest BCUT2D eigenvalue weighted by Crippen LogP contribution is 2.45. The van der Waals surface area contributed by atoms with Crippen LogP contribution in [-0.2, 0) is 44.4 Å². The highest BCUT2D eigenvalue weighted by atomic mass is 19.1. The lowest BCUT2D eigenvalue weighted by Crippen LogP contribution is -2.62. The SMILES string of the molecule is CC[C@H]1OC(=O)[C@H](C)[C@@H](C2C[C@@](C)(OC)[C@@H](O)[C@H](C)O2)[C@H](C)[C@@H](O[C@@H]2O[C@H](C)C[C@H](N(C)CCC(=O)N[C@H](CF)Cc3ccc(N4CCOCC4)cc3)[C@H]2O)[C@](C)(O)C[C@@H](C)CN(C)[C@H](C)[C@@H](O)[C@]1(C)O. The van der Waals surface area contributed by atoms with Gasteiger partial charge in [-0.2, -0.15) is 0 Å². The van der Waals surface area contributed by atoms with Gasteiger partial charge in [0.2, 0.25) is 5.91 Å². The zero-order chi connectivity index (χ0) is 52.7. The average Bonchev–Trinajstić information content (AvgIpc) is 3.33. The van der Waals surface area contributed by atoms with E-state index in [9.17, 15) is 39.5 Å². The van der Waals surface area contributed by atoms with Crippen LogP contribution in [-0.4, -0.2) is 205 Å². The highest BCUT2D eigenvalue weighted by molar-refractivity contribution is 5.76. The molecule has 1 aromatic rings. The molecule has 18 heteroatoms. The number of amides is 1. The quantitative estimate of drug-likeness (QED) is 0.147. The fourth-order valence-electron chi connectivity index (χ4n) is 12.0. The predicted molar refractivity (Wildman–Crippen MR) is 267 cm³/mol. The molecule has 0 bridgehead atoms. The van der Waals surface area contributed by atoms with Crippen molar-refractivity contribution in [3.05, 3.63) is 29.8 Å². The third kappa shape index (κ3) is 14.4. The Labute approximate surface area is 423 Å². The second kappa shape index (κ2) is 25.3. The minimum Gasteiger partial charge on any atom is -0.459 e. The number of methoxy groups -OCH3 is 1. The van der Waals surface area contributed by atoms with Crippen molar-refractivity contribution < 1.29 is 67.9 Å². The van der Waals surface area contributed by atoms with Gasteiger partial charge in [-0.1, -0.05) is 39.8 Å². The van der Waals surface area contributed by atoms with Gasteiger partial charge in [-0.3, -0.25) is 9.59 Å². The van der Waals surface area contributed by atoms with Gasteiger partial charge in [0, 0.05) is 69.8 Å². The minimum atomic E-state index is -1.83. The van der Waals surface area contributed by atoms with Crippen LogP contribution >= 0.6 is 0 Å². The van der Waals surface area contributed by atoms with Crippen molar-refractivity contribution in [2.24, 2.45) is 23.7 Å². The number of nitrogens with zero attached hydrogens (tertiary/aromatic N) is 3. The van der Waals surface area contributed by atoms with Gasteiger partial charge in [-0.25, -0.2) is 4.39 Å². The van der Waals surface area contributed by atoms with E-state index in [4.69, 9.17) is 28.4 Å². The zero-order valence-electron chi connectivity index (χ0n) is 45.0. The molecule has 19 atom stereocenters. The van der Waals surface area contributed by atoms with Gasteiger partial charge < -0.3 is 74.0 Å². The molecule has 17 nitrogen and oxygen atoms in total. The summed E-state index contributed by atoms with van der Waals surface area (Å²) < 4.78 is 51.8. The number of aliphatic hydroxyl groups is 5. The van der Waals surface area contributed by atoms with Gasteiger partial charge in [-0.05, 0) is 111 Å². The van der Waals surface area contributed by atoms with E-state index >= 15 is 0 Å². The second-order valence-electron chi connectivity index (χ2n) is 22.4. The maximum Gasteiger partial charge on any atom is 0.309 e. The lowest BCUT2D eigenvalue weighted by Gasteiger charge is -2.51. The molecule has 4 heterocycles. The smallest absolute Gasteiger partial charge is 0.309 e. The number of ether oxygens (including phenoxy) is 6. The van der Waals surface area contributed by atoms with Crippen LogP contribution in [0, 0.1) is 23.7 Å². The van der Waals surface area contributed by atoms with Crippen molar-refractivity contribution in [3.8, 4) is 0 Å². The van der Waals surface area contributed by atoms with Gasteiger partial charge in [0.15, 0.2) is 6.29 Å². The number of hydrogen-bond donors (Lipinski definition) is 6. The molecule has 4 fully saturated rings. The predicted octanol–water partition coefficient (Wildman–Crippen LogP) is 3.47. The average molecular weight is 1010 g/mol. The number of cyclic esters (lactones) is 1. The Hall–Kier alpha value is -2.59. The van der Waals surface area contributed by atoms with Crippen LogP contribution in [0.1, 0.15) is 107 Å². The lowest BCUT2D eigenvalue weighted by molar-refractivity contribution is -0.302. The largest absolute Gasteiger partial charge is 0.459 e. The van der Waals surface area contributed by atoms with E-state index in [1.165, 1.54) is 14.0 Å². The van der Waals surface area contributed by atoms with Gasteiger partial charge in [-0.15, -0.1) is 0 Å². The van der Waals surface area contributed by atoms with Crippen LogP contribution in [0.25, 0.3) is 0 Å². The molecule has 4 aliphatic heterocycles. The maximum absolute atomic E-state index is 14.6. The molecule has 408 valence electrons. The molecular formula is C53H91FN4O13. The standard InChI is InChI=1S/C53H91FN4O13/c1-14-42-53(10,65)46(61)35(6)57(12)30-31(2)27-51(8,64)48(33(4)44(34(5)49(63)70-42)41-28-52(9,66-13)47(62)36(7)69-41)71-50-45(60)40(25-32(3)68-50)56(11)20-19-43(59)55-38(29-54)26-37-15-17-39(18-16-37)58-21-23-67-24-22-58/h15-18,31-36,38,40-42,44-48,50,60-62,64-65H,14,19-30H2,1-13H3,(H,55,59)/t31-,32-,33+,34-,35-,36+,38+,40+,41?,42-,44+,45-,46-,47+,48-,50+,51-,52-,53-/m1/s1. The molecule has 0 saturated carbocycles. The molecule has 0 spiro atoms. The Bertz CT molecular complexity index is 1830. The van der Waals surface area contributed by atoms with Crippen LogP contribution in [0.5, 0.6) is 0 Å². The van der Waals surface area contributed by atoms with E-state index < -0.39 is 120 Å². The first-order valence-corrected chi connectivity index (χ1v) is 26.2. The number of carbonyl (C=O) groups is 2. The molecule has 6 N–H and O–H groups in total. The summed E-state index contributed by atoms with van der Waals surface area (Å²) in [5.74, 6) is -3.63. The van der Waals surface area contributed by atoms with Gasteiger partial charge >= 0.3 is 5.97 Å². The third-order valence-electron chi connectivity index (χ3n) is 16.5. The van der Waals surface area contributed by atoms with Crippen LogP contribution in [0.2, 0.25) is 0 Å². The number of hydrogen-bond acceptors (Lipinski definition) is 16. The first kappa shape index (κ1) is 59.3. The van der Waals surface area contributed by atoms with E-state index in [0.717, 1.165) is 24.3 Å². The van der Waals surface area contributed by atoms with E-state index in [-0.39, 0.29) is 44.1 Å². The van der Waals surface area contributed by atoms with E-state index in [1.807, 2.05) is 68.9 Å². The van der Waals surface area contributed by atoms with Crippen molar-refractivity contribution in [3.63, 3.8) is 0 Å². The Morgan fingerprint density at radius 2 is 1.63 bits per heavy atom. The number of benzene rings is 1. The van der Waals surface area contributed by atoms with Crippen molar-refractivity contribution >= 4 is 17.6 Å². The molecule has 5 rings (SSSR count). The molecule has 0 aromatic heterocycles. The normalized spacial score (nSPS) is 41.2. The first-order chi connectivity index (χ1) is 33.3. The summed E-state index contributed by atoms with van der Waals surface area (Å²) in [5, 5.41) is 62.8. The van der Waals surface area contributed by atoms with Gasteiger partial charge in [0.25, 0.3) is 0 Å². The molecule has 4 aliphatic rings. The monoisotopic (exact) mass is 1010 g/mol. The number of nitrogens with one attached hydrogen (secondary N) is 1. The lowest BCUT2D eigenvalue weighted by atomic mass is 9.68. The number of esters is 1. The summed E-state index contributed by atoms with van der Waals surface area (Å²) in [6.07, 6.45) is -7.59. The third-order valence-corrected chi connectivity index (χ3v) is 16.5. The van der Waals surface area contributed by atoms with Crippen molar-refractivity contribution in [1.82, 2.24) is 15.1 Å². The zero-order valence-corrected chi connectivity index (χ0v) is 45.0. The van der Waals surface area contributed by atoms with Crippen LogP contribution in [0.4, 0.5) is 10.1 Å². The number of likely N-dealkylation sites (N-methyl/N-ethyl adjacent to an activating group) is 2. The Morgan fingerprint density at radius 3 is 2.24 bits per heavy atom. The number of morpholine rings is 1. The molecule has 71 heavy (non-hydrogen) atoms. The van der Waals surface area contributed by atoms with E-state index in [2.05, 4.69) is 10.2 Å². The fourth-order valence-corrected chi connectivity index (χ4v) is 12.0. The van der Waals surface area contributed by atoms with Crippen LogP contribution < -0.4 is 10.2 Å². The minimum absolute atomic E-state index is 0.0438. The Morgan fingerprint density at radius 1 is 0.986 bits per heavy atom. The van der Waals surface area contributed by atoms with E-state index in [1.54, 1.807) is 41.5 Å². The number of carbonyl (C=O) groups excluding carboxylic acids is 2. The van der Waals surface area contributed by atoms with Crippen molar-refractivity contribution in [2.75, 3.05) is 72.2 Å². The van der Waals surface area contributed by atoms with Crippen molar-refractivity contribution in [1.29, 1.82) is 0 Å². The molecule has 1 amide bonds. The summed E-state index contributed by atoms with van der Waals surface area (Å²) >= 11 is 0. The molecular weight excluding hydrogens is 920 g/mol. The first-order valence-electron chi connectivity index (χ1n) is 26.2. The number of rotatable bonds is 14. The van der Waals surface area contributed by atoms with Crippen molar-refractivity contribution in [2.45, 2.75) is 198 Å². The van der Waals surface area contributed by atoms with E-state index in [0.29, 0.717) is 32.6 Å². The van der Waals surface area contributed by atoms with Gasteiger partial charge in [0.1, 0.15) is 36.7 Å². The molecule has 1 unspecified atom stereocenters. The Kier molecular flexibility index (Phi) is 21.1. The number of halogens is 1. The molecule has 0 aliphatic carbocycles. The molecule has 4 saturated heterocycles. The molecule has 0 radical (unpaired) electrons. The summed E-state index contributed by atoms with van der Waals surface area (Å²) in [5.41, 5.74) is -2.56. The Balaban J connectivity index is 1.40. The summed E-state index contributed by atoms with van der Waals surface area (Å²) in [6, 6.07) is 6.12. The number of aliphatic hydroxyl groups excluding tert-OH is 3. The highest BCUT2D eigenvalue weighted by Gasteiger charge is 2.55. The number of alkyl halides is 1. The number of anilines is 1. The summed E-state index contributed by atoms with van der Waals surface area (Å²) in [7, 11) is 5.16. The second-order valence-corrected chi connectivity index (χ2v) is 22.4. The topological polar surface area (TPSA) is 212 Å². The summed E-state index contributed by atoms with van der Waals surface area (Å²) in [4.78, 5) is 34.0. The summed E-state index contributed by atoms with van der Waals surface area (Å²) in [6.45, 7) is 20.6. The molecule has 1 aromatic carbocycles. The fraction of sp³-hybridized carbons (Fsp3) is 0.849. The van der Waals surface area contributed by atoms with Crippen LogP contribution in [0.3, 0.4) is 0 Å². The van der Waals surface area contributed by atoms with Crippen LogP contribution in [0.15, 0.2) is 24.3 Å².